The molecule has 0 atom stereocenters. The largest absolute Gasteiger partial charge is 0.384 e. The number of carbonyl (C=O) groups is 1. The van der Waals surface area contributed by atoms with Crippen molar-refractivity contribution in [2.45, 2.75) is 13.3 Å². The van der Waals surface area contributed by atoms with E-state index < -0.39 is 0 Å². The topological polar surface area (TPSA) is 41.1 Å². The van der Waals surface area contributed by atoms with Crippen LogP contribution in [0.2, 0.25) is 10.0 Å². The first-order chi connectivity index (χ1) is 10.0. The van der Waals surface area contributed by atoms with Crippen LogP contribution < -0.4 is 10.6 Å². The maximum atomic E-state index is 11.8. The molecule has 0 aliphatic carbocycles. The highest BCUT2D eigenvalue weighted by atomic mass is 35.5. The van der Waals surface area contributed by atoms with Gasteiger partial charge in [0.25, 0.3) is 0 Å². The van der Waals surface area contributed by atoms with Crippen molar-refractivity contribution in [3.05, 3.63) is 58.1 Å². The monoisotopic (exact) mass is 322 g/mol. The predicted octanol–water partition coefficient (Wildman–Crippen LogP) is 4.74. The number of anilines is 2. The Morgan fingerprint density at radius 3 is 2.38 bits per heavy atom. The molecule has 2 N–H and O–H groups in total. The fraction of sp³-hybridized carbons (Fsp3) is 0.188. The van der Waals surface area contributed by atoms with Crippen LogP contribution in [0.1, 0.15) is 12.0 Å². The maximum Gasteiger partial charge on any atom is 0.226 e. The molecule has 0 radical (unpaired) electrons. The van der Waals surface area contributed by atoms with Gasteiger partial charge < -0.3 is 10.6 Å². The lowest BCUT2D eigenvalue weighted by molar-refractivity contribution is -0.115. The number of halogens is 2. The minimum absolute atomic E-state index is 0.0527. The summed E-state index contributed by atoms with van der Waals surface area (Å²) in [4.78, 5) is 11.8. The quantitative estimate of drug-likeness (QED) is 0.834. The van der Waals surface area contributed by atoms with Gasteiger partial charge in [-0.15, -0.1) is 0 Å². The Balaban J connectivity index is 1.78. The van der Waals surface area contributed by atoms with Gasteiger partial charge in [-0.25, -0.2) is 0 Å². The van der Waals surface area contributed by atoms with E-state index in [9.17, 15) is 4.79 Å². The highest BCUT2D eigenvalue weighted by Gasteiger charge is 2.03. The van der Waals surface area contributed by atoms with E-state index in [-0.39, 0.29) is 5.91 Å². The van der Waals surface area contributed by atoms with Gasteiger partial charge in [0.2, 0.25) is 5.91 Å². The molecule has 2 aromatic rings. The number of amides is 1. The van der Waals surface area contributed by atoms with Gasteiger partial charge in [-0.1, -0.05) is 29.3 Å². The van der Waals surface area contributed by atoms with Gasteiger partial charge >= 0.3 is 0 Å². The Labute approximate surface area is 134 Å². The van der Waals surface area contributed by atoms with Gasteiger partial charge in [-0.2, -0.15) is 0 Å². The number of hydrogen-bond donors (Lipinski definition) is 2. The van der Waals surface area contributed by atoms with E-state index in [4.69, 9.17) is 23.2 Å². The lowest BCUT2D eigenvalue weighted by atomic mass is 10.2. The Hall–Kier alpha value is -1.71. The second-order valence-corrected chi connectivity index (χ2v) is 5.54. The predicted molar refractivity (Wildman–Crippen MR) is 89.4 cm³/mol. The Morgan fingerprint density at radius 2 is 1.71 bits per heavy atom. The van der Waals surface area contributed by atoms with E-state index >= 15 is 0 Å². The average Bonchev–Trinajstić information content (AvgIpc) is 2.45. The molecular weight excluding hydrogens is 307 g/mol. The number of aryl methyl sites for hydroxylation is 1. The first kappa shape index (κ1) is 15.7. The molecule has 2 rings (SSSR count). The Morgan fingerprint density at radius 1 is 1.05 bits per heavy atom. The van der Waals surface area contributed by atoms with Gasteiger partial charge in [0.05, 0.1) is 0 Å². The first-order valence-corrected chi connectivity index (χ1v) is 7.35. The standard InChI is InChI=1S/C16H16Cl2N2O/c1-11-2-5-14(10-15(11)18)19-9-8-16(21)20-13-6-3-12(17)4-7-13/h2-7,10,19H,8-9H2,1H3,(H,20,21). The highest BCUT2D eigenvalue weighted by molar-refractivity contribution is 6.31. The zero-order valence-corrected chi connectivity index (χ0v) is 13.1. The molecule has 0 aliphatic rings. The summed E-state index contributed by atoms with van der Waals surface area (Å²) in [7, 11) is 0. The molecule has 21 heavy (non-hydrogen) atoms. The molecule has 0 bridgehead atoms. The van der Waals surface area contributed by atoms with Crippen molar-refractivity contribution in [3.8, 4) is 0 Å². The van der Waals surface area contributed by atoms with Crippen LogP contribution in [0.4, 0.5) is 11.4 Å². The molecular formula is C16H16Cl2N2O. The molecule has 0 aromatic heterocycles. The van der Waals surface area contributed by atoms with Crippen LogP contribution in [0.25, 0.3) is 0 Å². The van der Waals surface area contributed by atoms with Crippen molar-refractivity contribution < 1.29 is 4.79 Å². The second-order valence-electron chi connectivity index (χ2n) is 4.70. The molecule has 0 saturated carbocycles. The molecule has 0 unspecified atom stereocenters. The van der Waals surface area contributed by atoms with E-state index in [1.165, 1.54) is 0 Å². The molecule has 0 aliphatic heterocycles. The minimum Gasteiger partial charge on any atom is -0.384 e. The molecule has 3 nitrogen and oxygen atoms in total. The van der Waals surface area contributed by atoms with Gasteiger partial charge in [0.1, 0.15) is 0 Å². The van der Waals surface area contributed by atoms with Crippen LogP contribution >= 0.6 is 23.2 Å². The number of nitrogens with one attached hydrogen (secondary N) is 2. The summed E-state index contributed by atoms with van der Waals surface area (Å²) in [5.74, 6) is -0.0527. The van der Waals surface area contributed by atoms with Crippen molar-refractivity contribution >= 4 is 40.5 Å². The molecule has 0 saturated heterocycles. The second kappa shape index (κ2) is 7.34. The van der Waals surface area contributed by atoms with Crippen molar-refractivity contribution in [3.63, 3.8) is 0 Å². The minimum atomic E-state index is -0.0527. The van der Waals surface area contributed by atoms with Gasteiger partial charge in [0, 0.05) is 34.4 Å². The lowest BCUT2D eigenvalue weighted by Gasteiger charge is -2.08. The first-order valence-electron chi connectivity index (χ1n) is 6.60. The van der Waals surface area contributed by atoms with Crippen molar-refractivity contribution in [1.29, 1.82) is 0 Å². The maximum absolute atomic E-state index is 11.8. The van der Waals surface area contributed by atoms with Crippen LogP contribution in [-0.2, 0) is 4.79 Å². The Kier molecular flexibility index (Phi) is 5.48. The summed E-state index contributed by atoms with van der Waals surface area (Å²) in [5.41, 5.74) is 2.68. The van der Waals surface area contributed by atoms with Crippen LogP contribution in [0, 0.1) is 6.92 Å². The van der Waals surface area contributed by atoms with Crippen LogP contribution in [0.15, 0.2) is 42.5 Å². The summed E-state index contributed by atoms with van der Waals surface area (Å²) in [6.45, 7) is 2.49. The molecule has 0 heterocycles. The molecule has 110 valence electrons. The van der Waals surface area contributed by atoms with Crippen LogP contribution in [0.3, 0.4) is 0 Å². The Bertz CT molecular complexity index is 627. The molecule has 0 spiro atoms. The van der Waals surface area contributed by atoms with E-state index in [0.717, 1.165) is 16.9 Å². The molecule has 2 aromatic carbocycles. The van der Waals surface area contributed by atoms with E-state index in [2.05, 4.69) is 10.6 Å². The van der Waals surface area contributed by atoms with Gasteiger partial charge in [0.15, 0.2) is 0 Å². The highest BCUT2D eigenvalue weighted by Crippen LogP contribution is 2.20. The number of hydrogen-bond acceptors (Lipinski definition) is 2. The summed E-state index contributed by atoms with van der Waals surface area (Å²) < 4.78 is 0. The van der Waals surface area contributed by atoms with Gasteiger partial charge in [-0.05, 0) is 48.9 Å². The summed E-state index contributed by atoms with van der Waals surface area (Å²) >= 11 is 11.8. The third kappa shape index (κ3) is 4.96. The number of benzene rings is 2. The van der Waals surface area contributed by atoms with Gasteiger partial charge in [-0.3, -0.25) is 4.79 Å². The summed E-state index contributed by atoms with van der Waals surface area (Å²) in [6, 6.07) is 12.8. The smallest absolute Gasteiger partial charge is 0.226 e. The number of carbonyl (C=O) groups excluding carboxylic acids is 1. The zero-order valence-electron chi connectivity index (χ0n) is 11.6. The fourth-order valence-corrected chi connectivity index (χ4v) is 2.09. The SMILES string of the molecule is Cc1ccc(NCCC(=O)Nc2ccc(Cl)cc2)cc1Cl. The normalized spacial score (nSPS) is 10.2. The van der Waals surface area contributed by atoms with E-state index in [1.807, 2.05) is 25.1 Å². The molecule has 5 heteroatoms. The van der Waals surface area contributed by atoms with Crippen LogP contribution in [-0.4, -0.2) is 12.5 Å². The average molecular weight is 323 g/mol. The van der Waals surface area contributed by atoms with Crippen molar-refractivity contribution in [2.75, 3.05) is 17.2 Å². The summed E-state index contributed by atoms with van der Waals surface area (Å²) in [5, 5.41) is 7.34. The van der Waals surface area contributed by atoms with Crippen molar-refractivity contribution in [2.24, 2.45) is 0 Å². The molecule has 0 fully saturated rings. The lowest BCUT2D eigenvalue weighted by Crippen LogP contribution is -2.16. The third-order valence-corrected chi connectivity index (χ3v) is 3.64. The van der Waals surface area contributed by atoms with Crippen molar-refractivity contribution in [1.82, 2.24) is 0 Å². The third-order valence-electron chi connectivity index (χ3n) is 2.98. The van der Waals surface area contributed by atoms with E-state index in [1.54, 1.807) is 24.3 Å². The zero-order chi connectivity index (χ0) is 15.2. The number of rotatable bonds is 5. The molecule has 1 amide bonds. The van der Waals surface area contributed by atoms with Crippen LogP contribution in [0.5, 0.6) is 0 Å². The summed E-state index contributed by atoms with van der Waals surface area (Å²) in [6.07, 6.45) is 0.369. The fourth-order valence-electron chi connectivity index (χ4n) is 1.78. The van der Waals surface area contributed by atoms with E-state index in [0.29, 0.717) is 23.0 Å².